The van der Waals surface area contributed by atoms with Crippen molar-refractivity contribution < 1.29 is 4.74 Å². The summed E-state index contributed by atoms with van der Waals surface area (Å²) in [6.07, 6.45) is 2.55. The van der Waals surface area contributed by atoms with Crippen molar-refractivity contribution in [1.29, 1.82) is 0 Å². The van der Waals surface area contributed by atoms with Crippen molar-refractivity contribution >= 4 is 21.6 Å². The van der Waals surface area contributed by atoms with Crippen molar-refractivity contribution in [3.63, 3.8) is 0 Å². The second-order valence-electron chi connectivity index (χ2n) is 3.58. The van der Waals surface area contributed by atoms with Gasteiger partial charge >= 0.3 is 0 Å². The standard InChI is InChI=1S/C13H13BrN2O/c14-11-5-3-6-12(15)13(11)17-9-7-10-4-1-2-8-16-10/h1-6,8H,7,9,15H2. The zero-order chi connectivity index (χ0) is 12.1. The van der Waals surface area contributed by atoms with E-state index in [-0.39, 0.29) is 0 Å². The minimum absolute atomic E-state index is 0.559. The third-order valence-corrected chi connectivity index (χ3v) is 2.95. The van der Waals surface area contributed by atoms with Crippen LogP contribution in [0.15, 0.2) is 47.1 Å². The molecule has 0 amide bonds. The van der Waals surface area contributed by atoms with Crippen molar-refractivity contribution in [3.8, 4) is 5.75 Å². The Kier molecular flexibility index (Phi) is 3.98. The number of hydrogen-bond donors (Lipinski definition) is 1. The van der Waals surface area contributed by atoms with E-state index in [1.54, 1.807) is 6.20 Å². The molecule has 0 radical (unpaired) electrons. The van der Waals surface area contributed by atoms with Crippen LogP contribution in [-0.4, -0.2) is 11.6 Å². The number of hydrogen-bond acceptors (Lipinski definition) is 3. The lowest BCUT2D eigenvalue weighted by Gasteiger charge is -2.10. The van der Waals surface area contributed by atoms with Gasteiger partial charge in [-0.1, -0.05) is 12.1 Å². The van der Waals surface area contributed by atoms with Gasteiger partial charge in [-0.15, -0.1) is 0 Å². The van der Waals surface area contributed by atoms with Crippen molar-refractivity contribution in [2.24, 2.45) is 0 Å². The first kappa shape index (κ1) is 11.9. The van der Waals surface area contributed by atoms with Gasteiger partial charge in [0.25, 0.3) is 0 Å². The van der Waals surface area contributed by atoms with Crippen molar-refractivity contribution in [2.75, 3.05) is 12.3 Å². The molecule has 2 aromatic rings. The molecule has 2 N–H and O–H groups in total. The van der Waals surface area contributed by atoms with E-state index in [4.69, 9.17) is 10.5 Å². The van der Waals surface area contributed by atoms with Gasteiger partial charge in [-0.25, -0.2) is 0 Å². The average molecular weight is 293 g/mol. The fourth-order valence-electron chi connectivity index (χ4n) is 1.48. The lowest BCUT2D eigenvalue weighted by atomic mass is 10.3. The summed E-state index contributed by atoms with van der Waals surface area (Å²) >= 11 is 3.41. The van der Waals surface area contributed by atoms with Crippen LogP contribution in [0.2, 0.25) is 0 Å². The Balaban J connectivity index is 1.95. The largest absolute Gasteiger partial charge is 0.490 e. The van der Waals surface area contributed by atoms with Crippen LogP contribution < -0.4 is 10.5 Å². The normalized spacial score (nSPS) is 10.2. The zero-order valence-corrected chi connectivity index (χ0v) is 10.9. The topological polar surface area (TPSA) is 48.1 Å². The van der Waals surface area contributed by atoms with Crippen LogP contribution >= 0.6 is 15.9 Å². The molecule has 3 nitrogen and oxygen atoms in total. The van der Waals surface area contributed by atoms with Gasteiger partial charge in [-0.3, -0.25) is 4.98 Å². The predicted octanol–water partition coefficient (Wildman–Crippen LogP) is 3.05. The summed E-state index contributed by atoms with van der Waals surface area (Å²) in [7, 11) is 0. The second-order valence-corrected chi connectivity index (χ2v) is 4.43. The first-order valence-corrected chi connectivity index (χ1v) is 6.13. The number of aromatic nitrogens is 1. The Morgan fingerprint density at radius 1 is 1.18 bits per heavy atom. The number of rotatable bonds is 4. The summed E-state index contributed by atoms with van der Waals surface area (Å²) in [6.45, 7) is 0.559. The molecule has 0 unspecified atom stereocenters. The van der Waals surface area contributed by atoms with E-state index in [2.05, 4.69) is 20.9 Å². The van der Waals surface area contributed by atoms with Crippen molar-refractivity contribution in [3.05, 3.63) is 52.8 Å². The van der Waals surface area contributed by atoms with Crippen LogP contribution in [0, 0.1) is 0 Å². The number of para-hydroxylation sites is 1. The number of pyridine rings is 1. The third-order valence-electron chi connectivity index (χ3n) is 2.33. The molecule has 4 heteroatoms. The van der Waals surface area contributed by atoms with Gasteiger partial charge in [-0.2, -0.15) is 0 Å². The van der Waals surface area contributed by atoms with E-state index < -0.39 is 0 Å². The van der Waals surface area contributed by atoms with Crippen LogP contribution in [-0.2, 0) is 6.42 Å². The van der Waals surface area contributed by atoms with Gasteiger partial charge in [0, 0.05) is 18.3 Å². The van der Waals surface area contributed by atoms with Crippen LogP contribution in [0.1, 0.15) is 5.69 Å². The minimum atomic E-state index is 0.559. The first-order chi connectivity index (χ1) is 8.27. The molecule has 0 aliphatic rings. The van der Waals surface area contributed by atoms with E-state index >= 15 is 0 Å². The molecule has 0 spiro atoms. The van der Waals surface area contributed by atoms with Crippen molar-refractivity contribution in [2.45, 2.75) is 6.42 Å². The molecular weight excluding hydrogens is 280 g/mol. The third kappa shape index (κ3) is 3.20. The predicted molar refractivity (Wildman–Crippen MR) is 72.0 cm³/mol. The van der Waals surface area contributed by atoms with Gasteiger partial charge in [0.05, 0.1) is 16.8 Å². The van der Waals surface area contributed by atoms with E-state index in [1.807, 2.05) is 36.4 Å². The van der Waals surface area contributed by atoms with Gasteiger partial charge in [0.2, 0.25) is 0 Å². The molecule has 0 fully saturated rings. The average Bonchev–Trinajstić information content (AvgIpc) is 2.34. The van der Waals surface area contributed by atoms with E-state index in [9.17, 15) is 0 Å². The number of nitrogen functional groups attached to an aromatic ring is 1. The number of ether oxygens (including phenoxy) is 1. The molecule has 1 heterocycles. The summed E-state index contributed by atoms with van der Waals surface area (Å²) in [5.41, 5.74) is 7.48. The Morgan fingerprint density at radius 3 is 2.76 bits per heavy atom. The van der Waals surface area contributed by atoms with E-state index in [0.717, 1.165) is 16.6 Å². The summed E-state index contributed by atoms with van der Waals surface area (Å²) in [6, 6.07) is 11.5. The number of halogens is 1. The quantitative estimate of drug-likeness (QED) is 0.881. The molecule has 17 heavy (non-hydrogen) atoms. The van der Waals surface area contributed by atoms with E-state index in [0.29, 0.717) is 18.0 Å². The molecule has 2 rings (SSSR count). The van der Waals surface area contributed by atoms with Crippen LogP contribution in [0.4, 0.5) is 5.69 Å². The minimum Gasteiger partial charge on any atom is -0.490 e. The van der Waals surface area contributed by atoms with Gasteiger partial charge in [0.1, 0.15) is 0 Å². The summed E-state index contributed by atoms with van der Waals surface area (Å²) in [5, 5.41) is 0. The highest BCUT2D eigenvalue weighted by atomic mass is 79.9. The monoisotopic (exact) mass is 292 g/mol. The lowest BCUT2D eigenvalue weighted by Crippen LogP contribution is -2.04. The molecule has 0 saturated heterocycles. The Morgan fingerprint density at radius 2 is 2.06 bits per heavy atom. The zero-order valence-electron chi connectivity index (χ0n) is 9.27. The Hall–Kier alpha value is -1.55. The highest BCUT2D eigenvalue weighted by molar-refractivity contribution is 9.10. The number of anilines is 1. The molecule has 1 aromatic carbocycles. The second kappa shape index (κ2) is 5.68. The smallest absolute Gasteiger partial charge is 0.156 e. The molecule has 88 valence electrons. The highest BCUT2D eigenvalue weighted by Gasteiger charge is 2.05. The fourth-order valence-corrected chi connectivity index (χ4v) is 1.98. The molecule has 0 atom stereocenters. The maximum Gasteiger partial charge on any atom is 0.156 e. The van der Waals surface area contributed by atoms with Gasteiger partial charge in [-0.05, 0) is 40.2 Å². The Labute approximate surface area is 109 Å². The molecular formula is C13H13BrN2O. The number of nitrogens with zero attached hydrogens (tertiary/aromatic N) is 1. The molecule has 0 saturated carbocycles. The van der Waals surface area contributed by atoms with E-state index in [1.165, 1.54) is 0 Å². The van der Waals surface area contributed by atoms with Gasteiger partial charge < -0.3 is 10.5 Å². The SMILES string of the molecule is Nc1cccc(Br)c1OCCc1ccccn1. The summed E-state index contributed by atoms with van der Waals surface area (Å²) in [4.78, 5) is 4.23. The maximum absolute atomic E-state index is 5.83. The maximum atomic E-state index is 5.83. The lowest BCUT2D eigenvalue weighted by molar-refractivity contribution is 0.320. The molecule has 0 aliphatic heterocycles. The van der Waals surface area contributed by atoms with Crippen LogP contribution in [0.3, 0.4) is 0 Å². The molecule has 1 aromatic heterocycles. The summed E-state index contributed by atoms with van der Waals surface area (Å²) < 4.78 is 6.53. The van der Waals surface area contributed by atoms with Gasteiger partial charge in [0.15, 0.2) is 5.75 Å². The highest BCUT2D eigenvalue weighted by Crippen LogP contribution is 2.30. The fraction of sp³-hybridized carbons (Fsp3) is 0.154. The number of benzene rings is 1. The van der Waals surface area contributed by atoms with Crippen LogP contribution in [0.5, 0.6) is 5.75 Å². The Bertz CT molecular complexity index is 468. The first-order valence-electron chi connectivity index (χ1n) is 5.34. The number of nitrogens with two attached hydrogens (primary N) is 1. The van der Waals surface area contributed by atoms with Crippen molar-refractivity contribution in [1.82, 2.24) is 4.98 Å². The molecule has 0 bridgehead atoms. The summed E-state index contributed by atoms with van der Waals surface area (Å²) in [5.74, 6) is 0.698. The molecule has 0 aliphatic carbocycles. The van der Waals surface area contributed by atoms with Crippen LogP contribution in [0.25, 0.3) is 0 Å².